The first kappa shape index (κ1) is 15.6. The normalized spacial score (nSPS) is 14.3. The van der Waals surface area contributed by atoms with Gasteiger partial charge in [0, 0.05) is 12.3 Å². The first-order valence-corrected chi connectivity index (χ1v) is 6.89. The zero-order valence-corrected chi connectivity index (χ0v) is 12.2. The Morgan fingerprint density at radius 3 is 2.73 bits per heavy atom. The standard InChI is InChI=1S/C5H9O2PS2.K/c1-3-5-10-8(6,9)7-4-2;/h1H,4-5H2,2H3,(H,6,9);/q;+1/p-1. The van der Waals surface area contributed by atoms with E-state index in [2.05, 4.69) is 17.7 Å². The van der Waals surface area contributed by atoms with Crippen molar-refractivity contribution in [2.24, 2.45) is 0 Å². The summed E-state index contributed by atoms with van der Waals surface area (Å²) in [7, 11) is 0. The molecule has 0 radical (unpaired) electrons. The van der Waals surface area contributed by atoms with E-state index in [1.807, 2.05) is 0 Å². The largest absolute Gasteiger partial charge is 1.00 e. The van der Waals surface area contributed by atoms with Crippen LogP contribution in [0.2, 0.25) is 0 Å². The van der Waals surface area contributed by atoms with Crippen LogP contribution in [0.4, 0.5) is 0 Å². The molecule has 0 N–H and O–H groups in total. The SMILES string of the molecule is C#CCSP([O-])(=S)OCC.[K+]. The third-order valence-electron chi connectivity index (χ3n) is 0.593. The van der Waals surface area contributed by atoms with Crippen molar-refractivity contribution in [1.29, 1.82) is 0 Å². The number of rotatable bonds is 4. The number of terminal acetylenes is 1. The first-order chi connectivity index (χ1) is 4.62. The van der Waals surface area contributed by atoms with Crippen LogP contribution in [0.3, 0.4) is 0 Å². The maximum atomic E-state index is 11.0. The number of hydrogen-bond acceptors (Lipinski definition) is 4. The van der Waals surface area contributed by atoms with Crippen LogP contribution in [0.15, 0.2) is 0 Å². The van der Waals surface area contributed by atoms with Gasteiger partial charge in [0.2, 0.25) is 0 Å². The topological polar surface area (TPSA) is 32.3 Å². The average Bonchev–Trinajstić information content (AvgIpc) is 1.84. The third kappa shape index (κ3) is 10.0. The van der Waals surface area contributed by atoms with Gasteiger partial charge in [-0.1, -0.05) is 29.1 Å². The Morgan fingerprint density at radius 1 is 1.82 bits per heavy atom. The van der Waals surface area contributed by atoms with E-state index in [9.17, 15) is 4.89 Å². The van der Waals surface area contributed by atoms with Gasteiger partial charge in [0.05, 0.1) is 5.75 Å². The molecule has 0 fully saturated rings. The molecule has 0 aliphatic rings. The summed E-state index contributed by atoms with van der Waals surface area (Å²) in [6.07, 6.45) is 4.94. The fraction of sp³-hybridized carbons (Fsp3) is 0.600. The number of hydrogen-bond donors (Lipinski definition) is 0. The predicted octanol–water partition coefficient (Wildman–Crippen LogP) is -2.02. The molecule has 0 aliphatic heterocycles. The molecule has 1 unspecified atom stereocenters. The molecule has 1 atom stereocenters. The molecule has 0 aromatic rings. The molecule has 0 aromatic heterocycles. The Morgan fingerprint density at radius 2 is 2.36 bits per heavy atom. The van der Waals surface area contributed by atoms with Crippen molar-refractivity contribution in [2.45, 2.75) is 6.92 Å². The van der Waals surface area contributed by atoms with Gasteiger partial charge >= 0.3 is 51.4 Å². The Kier molecular flexibility index (Phi) is 12.3. The maximum Gasteiger partial charge on any atom is 1.00 e. The molecule has 2 nitrogen and oxygen atoms in total. The van der Waals surface area contributed by atoms with Crippen LogP contribution >= 0.6 is 17.1 Å². The second-order valence-electron chi connectivity index (χ2n) is 1.34. The van der Waals surface area contributed by atoms with Gasteiger partial charge in [-0.25, -0.2) is 0 Å². The molecule has 0 spiro atoms. The minimum Gasteiger partial charge on any atom is -0.793 e. The van der Waals surface area contributed by atoms with Crippen LogP contribution in [0.5, 0.6) is 0 Å². The molecule has 0 saturated carbocycles. The summed E-state index contributed by atoms with van der Waals surface area (Å²) in [5, 5.41) is 0. The van der Waals surface area contributed by atoms with Crippen LogP contribution in [-0.2, 0) is 16.3 Å². The second-order valence-corrected chi connectivity index (χ2v) is 7.39. The molecule has 0 aromatic carbocycles. The van der Waals surface area contributed by atoms with Crippen molar-refractivity contribution in [2.75, 3.05) is 12.4 Å². The van der Waals surface area contributed by atoms with Crippen LogP contribution < -0.4 is 56.3 Å². The van der Waals surface area contributed by atoms with E-state index in [-0.39, 0.29) is 51.4 Å². The zero-order valence-electron chi connectivity index (χ0n) is 6.57. The van der Waals surface area contributed by atoms with Gasteiger partial charge in [0.1, 0.15) is 0 Å². The Labute approximate surface area is 119 Å². The van der Waals surface area contributed by atoms with E-state index in [1.165, 1.54) is 0 Å². The Hall–Kier alpha value is 2.12. The molecular formula is C5H8KO2PS2. The third-order valence-corrected chi connectivity index (χ3v) is 4.70. The van der Waals surface area contributed by atoms with Crippen molar-refractivity contribution in [3.8, 4) is 12.3 Å². The zero-order chi connectivity index (χ0) is 8.04. The summed E-state index contributed by atoms with van der Waals surface area (Å²) in [6.45, 7) is 2.12. The van der Waals surface area contributed by atoms with Crippen molar-refractivity contribution in [3.63, 3.8) is 0 Å². The summed E-state index contributed by atoms with van der Waals surface area (Å²) in [5.74, 6) is 2.67. The summed E-state index contributed by atoms with van der Waals surface area (Å²) in [6, 6.07) is 0. The van der Waals surface area contributed by atoms with Gasteiger partial charge in [-0.05, 0) is 6.92 Å². The van der Waals surface area contributed by atoms with Crippen LogP contribution in [0.25, 0.3) is 0 Å². The molecule has 0 rings (SSSR count). The molecule has 11 heavy (non-hydrogen) atoms. The molecule has 6 heteroatoms. The van der Waals surface area contributed by atoms with Gasteiger partial charge in [-0.2, -0.15) is 0 Å². The van der Waals surface area contributed by atoms with Crippen molar-refractivity contribution in [3.05, 3.63) is 0 Å². The fourth-order valence-electron chi connectivity index (χ4n) is 0.312. The fourth-order valence-corrected chi connectivity index (χ4v) is 2.96. The molecular weight excluding hydrogens is 226 g/mol. The monoisotopic (exact) mass is 234 g/mol. The van der Waals surface area contributed by atoms with E-state index in [0.29, 0.717) is 12.4 Å². The second kappa shape index (κ2) is 8.70. The predicted molar refractivity (Wildman–Crippen MR) is 47.2 cm³/mol. The molecule has 0 heterocycles. The minimum absolute atomic E-state index is 0. The summed E-state index contributed by atoms with van der Waals surface area (Å²) in [4.78, 5) is 11.0. The molecule has 0 saturated heterocycles. The summed E-state index contributed by atoms with van der Waals surface area (Å²) < 4.78 is 4.77. The maximum absolute atomic E-state index is 11.0. The van der Waals surface area contributed by atoms with E-state index < -0.39 is 5.69 Å². The first-order valence-electron chi connectivity index (χ1n) is 2.66. The Bertz CT molecular complexity index is 180. The van der Waals surface area contributed by atoms with Gasteiger partial charge in [-0.3, -0.25) is 0 Å². The quantitative estimate of drug-likeness (QED) is 0.319. The van der Waals surface area contributed by atoms with Crippen molar-refractivity contribution in [1.82, 2.24) is 0 Å². The van der Waals surface area contributed by atoms with E-state index in [1.54, 1.807) is 6.92 Å². The van der Waals surface area contributed by atoms with Crippen molar-refractivity contribution < 1.29 is 60.8 Å². The Balaban J connectivity index is 0. The van der Waals surface area contributed by atoms with Gasteiger partial charge in [-0.15, -0.1) is 6.42 Å². The minimum atomic E-state index is -2.85. The van der Waals surface area contributed by atoms with Crippen molar-refractivity contribution >= 4 is 28.9 Å². The molecule has 0 aliphatic carbocycles. The van der Waals surface area contributed by atoms with Gasteiger partial charge in [0.15, 0.2) is 0 Å². The average molecular weight is 234 g/mol. The van der Waals surface area contributed by atoms with Crippen LogP contribution in [0.1, 0.15) is 6.92 Å². The molecule has 0 bridgehead atoms. The molecule has 58 valence electrons. The van der Waals surface area contributed by atoms with E-state index >= 15 is 0 Å². The van der Waals surface area contributed by atoms with E-state index in [4.69, 9.17) is 10.9 Å². The van der Waals surface area contributed by atoms with Gasteiger partial charge < -0.3 is 9.42 Å². The van der Waals surface area contributed by atoms with Crippen LogP contribution in [-0.4, -0.2) is 12.4 Å². The summed E-state index contributed by atoms with van der Waals surface area (Å²) >= 11 is 5.62. The summed E-state index contributed by atoms with van der Waals surface area (Å²) in [5.41, 5.74) is -2.85. The van der Waals surface area contributed by atoms with Gasteiger partial charge in [0.25, 0.3) is 0 Å². The van der Waals surface area contributed by atoms with Crippen LogP contribution in [0, 0.1) is 12.3 Å². The molecule has 0 amide bonds. The smallest absolute Gasteiger partial charge is 0.793 e. The van der Waals surface area contributed by atoms with E-state index in [0.717, 1.165) is 11.4 Å².